The minimum atomic E-state index is -0.699. The van der Waals surface area contributed by atoms with Crippen LogP contribution in [0.25, 0.3) is 4.96 Å². The summed E-state index contributed by atoms with van der Waals surface area (Å²) in [4.78, 5) is 28.6. The third-order valence-corrected chi connectivity index (χ3v) is 4.16. The molecule has 3 aromatic rings. The quantitative estimate of drug-likeness (QED) is 0.659. The first-order chi connectivity index (χ1) is 11.6. The molecule has 0 N–H and O–H groups in total. The molecule has 0 aliphatic heterocycles. The summed E-state index contributed by atoms with van der Waals surface area (Å²) < 4.78 is 11.7. The van der Waals surface area contributed by atoms with Gasteiger partial charge in [-0.1, -0.05) is 29.5 Å². The number of carbonyl (C=O) groups excluding carboxylic acids is 1. The van der Waals surface area contributed by atoms with E-state index in [9.17, 15) is 9.59 Å². The van der Waals surface area contributed by atoms with Crippen molar-refractivity contribution in [3.63, 3.8) is 0 Å². The number of nitrogens with zero attached hydrogens (tertiary/aromatic N) is 3. The molecule has 24 heavy (non-hydrogen) atoms. The van der Waals surface area contributed by atoms with Crippen molar-refractivity contribution in [3.05, 3.63) is 57.0 Å². The van der Waals surface area contributed by atoms with E-state index in [4.69, 9.17) is 9.47 Å². The van der Waals surface area contributed by atoms with E-state index < -0.39 is 11.5 Å². The van der Waals surface area contributed by atoms with Crippen molar-refractivity contribution in [3.8, 4) is 5.75 Å². The van der Waals surface area contributed by atoms with Gasteiger partial charge < -0.3 is 9.47 Å². The molecule has 0 saturated heterocycles. The number of fused-ring (bicyclic) bond motifs is 1. The first kappa shape index (κ1) is 16.1. The summed E-state index contributed by atoms with van der Waals surface area (Å²) in [5.74, 6) is 0.0550. The number of hydrogen-bond donors (Lipinski definition) is 0. The second-order valence-corrected chi connectivity index (χ2v) is 5.98. The zero-order valence-electron chi connectivity index (χ0n) is 13.2. The molecule has 1 aromatic carbocycles. The van der Waals surface area contributed by atoms with Gasteiger partial charge in [0.15, 0.2) is 5.01 Å². The Morgan fingerprint density at radius 1 is 1.33 bits per heavy atom. The van der Waals surface area contributed by atoms with E-state index in [1.54, 1.807) is 6.92 Å². The first-order valence-electron chi connectivity index (χ1n) is 7.33. The van der Waals surface area contributed by atoms with Crippen molar-refractivity contribution < 1.29 is 14.3 Å². The molecule has 0 aliphatic rings. The van der Waals surface area contributed by atoms with Crippen molar-refractivity contribution in [1.82, 2.24) is 14.6 Å². The Morgan fingerprint density at radius 3 is 2.88 bits per heavy atom. The van der Waals surface area contributed by atoms with Crippen LogP contribution >= 0.6 is 11.3 Å². The summed E-state index contributed by atoms with van der Waals surface area (Å²) in [7, 11) is 0. The molecular formula is C16H15N3O4S. The number of para-hydroxylation sites is 1. The lowest BCUT2D eigenvalue weighted by molar-refractivity contribution is 0.0523. The second kappa shape index (κ2) is 6.79. The van der Waals surface area contributed by atoms with Crippen LogP contribution in [0.1, 0.15) is 27.9 Å². The molecule has 0 aliphatic carbocycles. The fraction of sp³-hybridized carbons (Fsp3) is 0.250. The van der Waals surface area contributed by atoms with E-state index in [0.717, 1.165) is 15.8 Å². The van der Waals surface area contributed by atoms with Gasteiger partial charge in [-0.25, -0.2) is 9.78 Å². The maximum Gasteiger partial charge on any atom is 0.345 e. The number of esters is 1. The zero-order valence-corrected chi connectivity index (χ0v) is 14.0. The van der Waals surface area contributed by atoms with Gasteiger partial charge in [0, 0.05) is 0 Å². The standard InChI is InChI=1S/C16H15N3O4S/c1-3-22-15(21)11-8-17-16-19(14(11)20)18-13(24-16)9-23-12-7-5-4-6-10(12)2/h4-8H,3,9H2,1-2H3. The molecular weight excluding hydrogens is 330 g/mol. The lowest BCUT2D eigenvalue weighted by Crippen LogP contribution is -2.24. The number of aryl methyl sites for hydroxylation is 1. The van der Waals surface area contributed by atoms with Crippen LogP contribution in [0.15, 0.2) is 35.3 Å². The van der Waals surface area contributed by atoms with Crippen LogP contribution in [0, 0.1) is 6.92 Å². The van der Waals surface area contributed by atoms with Gasteiger partial charge in [-0.05, 0) is 25.5 Å². The van der Waals surface area contributed by atoms with E-state index in [2.05, 4.69) is 10.1 Å². The molecule has 3 rings (SSSR count). The molecule has 124 valence electrons. The smallest absolute Gasteiger partial charge is 0.345 e. The number of ether oxygens (including phenoxy) is 2. The summed E-state index contributed by atoms with van der Waals surface area (Å²) in [6.45, 7) is 4.03. The van der Waals surface area contributed by atoms with Crippen molar-refractivity contribution in [2.24, 2.45) is 0 Å². The van der Waals surface area contributed by atoms with Gasteiger partial charge in [-0.15, -0.1) is 0 Å². The molecule has 0 radical (unpaired) electrons. The first-order valence-corrected chi connectivity index (χ1v) is 8.15. The number of carbonyl (C=O) groups is 1. The summed E-state index contributed by atoms with van der Waals surface area (Å²) in [6, 6.07) is 7.63. The highest BCUT2D eigenvalue weighted by atomic mass is 32.1. The monoisotopic (exact) mass is 345 g/mol. The Bertz CT molecular complexity index is 948. The summed E-state index contributed by atoms with van der Waals surface area (Å²) in [5, 5.41) is 4.77. The lowest BCUT2D eigenvalue weighted by atomic mass is 10.2. The number of benzene rings is 1. The zero-order chi connectivity index (χ0) is 17.1. The molecule has 8 heteroatoms. The highest BCUT2D eigenvalue weighted by Crippen LogP contribution is 2.19. The third kappa shape index (κ3) is 3.13. The Balaban J connectivity index is 1.86. The topological polar surface area (TPSA) is 82.8 Å². The van der Waals surface area contributed by atoms with Crippen LogP contribution in [0.2, 0.25) is 0 Å². The highest BCUT2D eigenvalue weighted by Gasteiger charge is 2.17. The van der Waals surface area contributed by atoms with E-state index in [0.29, 0.717) is 9.97 Å². The fourth-order valence-electron chi connectivity index (χ4n) is 2.09. The van der Waals surface area contributed by atoms with Crippen LogP contribution in [-0.2, 0) is 11.3 Å². The van der Waals surface area contributed by atoms with Crippen LogP contribution in [-0.4, -0.2) is 27.2 Å². The predicted octanol–water partition coefficient (Wildman–Crippen LogP) is 2.22. The molecule has 0 unspecified atom stereocenters. The largest absolute Gasteiger partial charge is 0.486 e. The summed E-state index contributed by atoms with van der Waals surface area (Å²) in [6.07, 6.45) is 1.22. The van der Waals surface area contributed by atoms with E-state index >= 15 is 0 Å². The third-order valence-electron chi connectivity index (χ3n) is 3.27. The molecule has 0 fully saturated rings. The van der Waals surface area contributed by atoms with Crippen molar-refractivity contribution in [2.45, 2.75) is 20.5 Å². The Hall–Kier alpha value is -2.74. The van der Waals surface area contributed by atoms with E-state index in [1.165, 1.54) is 17.5 Å². The SMILES string of the molecule is CCOC(=O)c1cnc2sc(COc3ccccc3C)nn2c1=O. The van der Waals surface area contributed by atoms with Crippen LogP contribution in [0.5, 0.6) is 5.75 Å². The van der Waals surface area contributed by atoms with Gasteiger partial charge in [-0.3, -0.25) is 4.79 Å². The minimum Gasteiger partial charge on any atom is -0.486 e. The second-order valence-electron chi connectivity index (χ2n) is 4.94. The Morgan fingerprint density at radius 2 is 2.12 bits per heavy atom. The molecule has 0 saturated carbocycles. The van der Waals surface area contributed by atoms with Crippen LogP contribution < -0.4 is 10.3 Å². The molecule has 0 amide bonds. The highest BCUT2D eigenvalue weighted by molar-refractivity contribution is 7.16. The van der Waals surface area contributed by atoms with Gasteiger partial charge >= 0.3 is 5.97 Å². The number of rotatable bonds is 5. The van der Waals surface area contributed by atoms with Crippen molar-refractivity contribution >= 4 is 22.3 Å². The molecule has 0 atom stereocenters. The van der Waals surface area contributed by atoms with E-state index in [-0.39, 0.29) is 18.8 Å². The van der Waals surface area contributed by atoms with Gasteiger partial charge in [0.25, 0.3) is 5.56 Å². The minimum absolute atomic E-state index is 0.133. The van der Waals surface area contributed by atoms with Crippen molar-refractivity contribution in [2.75, 3.05) is 6.61 Å². The van der Waals surface area contributed by atoms with Gasteiger partial charge in [0.05, 0.1) is 12.8 Å². The average molecular weight is 345 g/mol. The molecule has 0 spiro atoms. The summed E-state index contributed by atoms with van der Waals surface area (Å²) >= 11 is 1.23. The fourth-order valence-corrected chi connectivity index (χ4v) is 2.86. The average Bonchev–Trinajstić information content (AvgIpc) is 2.99. The molecule has 7 nitrogen and oxygen atoms in total. The van der Waals surface area contributed by atoms with Gasteiger partial charge in [-0.2, -0.15) is 9.61 Å². The number of aromatic nitrogens is 3. The van der Waals surface area contributed by atoms with Crippen LogP contribution in [0.4, 0.5) is 0 Å². The molecule has 0 bridgehead atoms. The van der Waals surface area contributed by atoms with E-state index in [1.807, 2.05) is 31.2 Å². The van der Waals surface area contributed by atoms with Crippen LogP contribution in [0.3, 0.4) is 0 Å². The molecule has 2 heterocycles. The number of hydrogen-bond acceptors (Lipinski definition) is 7. The normalized spacial score (nSPS) is 10.8. The molecule has 2 aromatic heterocycles. The maximum absolute atomic E-state index is 12.3. The maximum atomic E-state index is 12.3. The Labute approximate surface area is 141 Å². The van der Waals surface area contributed by atoms with Crippen molar-refractivity contribution in [1.29, 1.82) is 0 Å². The van der Waals surface area contributed by atoms with Gasteiger partial charge in [0.2, 0.25) is 4.96 Å². The lowest BCUT2D eigenvalue weighted by Gasteiger charge is -2.06. The Kier molecular flexibility index (Phi) is 4.57. The van der Waals surface area contributed by atoms with Gasteiger partial charge in [0.1, 0.15) is 17.9 Å². The predicted molar refractivity (Wildman–Crippen MR) is 88.6 cm³/mol. The summed E-state index contributed by atoms with van der Waals surface area (Å²) in [5.41, 5.74) is 0.335.